The highest BCUT2D eigenvalue weighted by molar-refractivity contribution is 7.17. The van der Waals surface area contributed by atoms with E-state index in [1.54, 1.807) is 32.0 Å². The van der Waals surface area contributed by atoms with Gasteiger partial charge in [0.2, 0.25) is 5.91 Å². The molecule has 2 aliphatic rings. The zero-order chi connectivity index (χ0) is 21.6. The summed E-state index contributed by atoms with van der Waals surface area (Å²) < 4.78 is 5.78. The number of aryl methyl sites for hydroxylation is 1. The highest BCUT2D eigenvalue weighted by atomic mass is 35.5. The number of rotatable bonds is 4. The van der Waals surface area contributed by atoms with E-state index in [0.717, 1.165) is 36.1 Å². The normalized spacial score (nSPS) is 17.0. The van der Waals surface area contributed by atoms with E-state index in [2.05, 4.69) is 5.32 Å². The summed E-state index contributed by atoms with van der Waals surface area (Å²) >= 11 is 7.48. The molecule has 2 heterocycles. The number of hydrogen-bond donors (Lipinski definition) is 2. The molecule has 1 aromatic heterocycles. The predicted molar refractivity (Wildman–Crippen MR) is 117 cm³/mol. The van der Waals surface area contributed by atoms with Crippen LogP contribution < -0.4 is 20.7 Å². The SMILES string of the molecule is CC1(C)Oc2ccc(Cl)cc2N(CC(=O)Nc2sc3c(c2C(N)=O)CCCC3)C1=O. The van der Waals surface area contributed by atoms with Gasteiger partial charge in [-0.1, -0.05) is 11.6 Å². The van der Waals surface area contributed by atoms with E-state index in [0.29, 0.717) is 27.0 Å². The molecule has 0 bridgehead atoms. The van der Waals surface area contributed by atoms with E-state index in [-0.39, 0.29) is 12.5 Å². The van der Waals surface area contributed by atoms with Crippen LogP contribution in [-0.4, -0.2) is 29.9 Å². The zero-order valence-electron chi connectivity index (χ0n) is 16.7. The van der Waals surface area contributed by atoms with Gasteiger partial charge in [0.1, 0.15) is 17.3 Å². The topological polar surface area (TPSA) is 102 Å². The molecule has 1 aromatic carbocycles. The van der Waals surface area contributed by atoms with Crippen molar-refractivity contribution in [2.24, 2.45) is 5.73 Å². The molecule has 0 saturated heterocycles. The summed E-state index contributed by atoms with van der Waals surface area (Å²) in [6.45, 7) is 3.06. The third kappa shape index (κ3) is 3.65. The molecule has 2 aromatic rings. The quantitative estimate of drug-likeness (QED) is 0.748. The molecule has 0 unspecified atom stereocenters. The molecule has 9 heteroatoms. The van der Waals surface area contributed by atoms with Gasteiger partial charge in [0.25, 0.3) is 11.8 Å². The summed E-state index contributed by atoms with van der Waals surface area (Å²) in [5, 5.41) is 3.68. The van der Waals surface area contributed by atoms with Gasteiger partial charge >= 0.3 is 0 Å². The van der Waals surface area contributed by atoms with Crippen molar-refractivity contribution in [3.63, 3.8) is 0 Å². The van der Waals surface area contributed by atoms with Crippen molar-refractivity contribution in [2.45, 2.75) is 45.1 Å². The first kappa shape index (κ1) is 20.7. The summed E-state index contributed by atoms with van der Waals surface area (Å²) in [4.78, 5) is 40.3. The molecule has 3 amide bonds. The maximum absolute atomic E-state index is 12.9. The summed E-state index contributed by atoms with van der Waals surface area (Å²) in [6, 6.07) is 4.94. The van der Waals surface area contributed by atoms with E-state index in [4.69, 9.17) is 22.1 Å². The van der Waals surface area contributed by atoms with Crippen LogP contribution in [0.4, 0.5) is 10.7 Å². The Morgan fingerprint density at radius 3 is 2.77 bits per heavy atom. The Bertz CT molecular complexity index is 1060. The summed E-state index contributed by atoms with van der Waals surface area (Å²) in [7, 11) is 0. The molecular weight excluding hydrogens is 426 g/mol. The molecule has 158 valence electrons. The van der Waals surface area contributed by atoms with Gasteiger partial charge in [-0.15, -0.1) is 11.3 Å². The van der Waals surface area contributed by atoms with Crippen LogP contribution in [0, 0.1) is 0 Å². The predicted octanol–water partition coefficient (Wildman–Crippen LogP) is 3.52. The molecular formula is C21H22ClN3O4S. The number of carbonyl (C=O) groups is 3. The number of nitrogens with zero attached hydrogens (tertiary/aromatic N) is 1. The van der Waals surface area contributed by atoms with Crippen LogP contribution in [-0.2, 0) is 22.4 Å². The Hall–Kier alpha value is -2.58. The zero-order valence-corrected chi connectivity index (χ0v) is 18.3. The van der Waals surface area contributed by atoms with E-state index in [1.165, 1.54) is 16.2 Å². The van der Waals surface area contributed by atoms with Crippen molar-refractivity contribution in [1.82, 2.24) is 0 Å². The lowest BCUT2D eigenvalue weighted by atomic mass is 9.95. The van der Waals surface area contributed by atoms with E-state index < -0.39 is 17.4 Å². The monoisotopic (exact) mass is 447 g/mol. The lowest BCUT2D eigenvalue weighted by Gasteiger charge is -2.38. The van der Waals surface area contributed by atoms with Crippen LogP contribution in [0.2, 0.25) is 5.02 Å². The highest BCUT2D eigenvalue weighted by Gasteiger charge is 2.41. The Balaban J connectivity index is 1.62. The minimum atomic E-state index is -1.12. The van der Waals surface area contributed by atoms with Crippen LogP contribution in [0.3, 0.4) is 0 Å². The fourth-order valence-corrected chi connectivity index (χ4v) is 5.40. The standard InChI is InChI=1S/C21H22ClN3O4S/c1-21(2)20(28)25(13-9-11(22)7-8-14(13)29-21)10-16(26)24-19-17(18(23)27)12-5-3-4-6-15(12)30-19/h7-9H,3-6,10H2,1-2H3,(H2,23,27)(H,24,26). The molecule has 3 N–H and O–H groups in total. The molecule has 0 saturated carbocycles. The number of fused-ring (bicyclic) bond motifs is 2. The molecule has 0 fully saturated rings. The number of anilines is 2. The number of hydrogen-bond acceptors (Lipinski definition) is 5. The van der Waals surface area contributed by atoms with Crippen molar-refractivity contribution in [3.8, 4) is 5.75 Å². The largest absolute Gasteiger partial charge is 0.476 e. The number of primary amides is 1. The first-order valence-electron chi connectivity index (χ1n) is 9.72. The molecule has 1 aliphatic heterocycles. The number of nitrogens with one attached hydrogen (secondary N) is 1. The Kier molecular flexibility index (Phi) is 5.23. The van der Waals surface area contributed by atoms with Crippen LogP contribution in [0.1, 0.15) is 47.5 Å². The van der Waals surface area contributed by atoms with Gasteiger partial charge in [-0.25, -0.2) is 0 Å². The fraction of sp³-hybridized carbons (Fsp3) is 0.381. The van der Waals surface area contributed by atoms with E-state index in [1.807, 2.05) is 0 Å². The van der Waals surface area contributed by atoms with Crippen LogP contribution in [0.5, 0.6) is 5.75 Å². The van der Waals surface area contributed by atoms with Gasteiger partial charge in [0, 0.05) is 9.90 Å². The third-order valence-corrected chi connectivity index (χ3v) is 6.75. The first-order chi connectivity index (χ1) is 14.2. The minimum Gasteiger partial charge on any atom is -0.476 e. The van der Waals surface area contributed by atoms with E-state index in [9.17, 15) is 14.4 Å². The van der Waals surface area contributed by atoms with Crippen molar-refractivity contribution < 1.29 is 19.1 Å². The molecule has 30 heavy (non-hydrogen) atoms. The van der Waals surface area contributed by atoms with Gasteiger partial charge in [0.05, 0.1) is 11.3 Å². The van der Waals surface area contributed by atoms with Crippen LogP contribution >= 0.6 is 22.9 Å². The van der Waals surface area contributed by atoms with Gasteiger partial charge in [-0.05, 0) is 63.3 Å². The number of carbonyl (C=O) groups excluding carboxylic acids is 3. The van der Waals surface area contributed by atoms with Gasteiger partial charge < -0.3 is 15.8 Å². The molecule has 0 radical (unpaired) electrons. The molecule has 4 rings (SSSR count). The number of halogens is 1. The number of benzene rings is 1. The van der Waals surface area contributed by atoms with Crippen molar-refractivity contribution in [3.05, 3.63) is 39.2 Å². The average molecular weight is 448 g/mol. The number of ether oxygens (including phenoxy) is 1. The molecule has 7 nitrogen and oxygen atoms in total. The summed E-state index contributed by atoms with van der Waals surface area (Å²) in [6.07, 6.45) is 3.69. The minimum absolute atomic E-state index is 0.236. The lowest BCUT2D eigenvalue weighted by Crippen LogP contribution is -2.54. The fourth-order valence-electron chi connectivity index (χ4n) is 3.92. The van der Waals surface area contributed by atoms with Crippen LogP contribution in [0.15, 0.2) is 18.2 Å². The maximum Gasteiger partial charge on any atom is 0.271 e. The molecule has 0 spiro atoms. The lowest BCUT2D eigenvalue weighted by molar-refractivity contribution is -0.133. The third-order valence-electron chi connectivity index (χ3n) is 5.31. The Morgan fingerprint density at radius 1 is 1.30 bits per heavy atom. The second-order valence-corrected chi connectivity index (χ2v) is 9.48. The van der Waals surface area contributed by atoms with Gasteiger partial charge in [-0.2, -0.15) is 0 Å². The van der Waals surface area contributed by atoms with Crippen molar-refractivity contribution in [2.75, 3.05) is 16.8 Å². The highest BCUT2D eigenvalue weighted by Crippen LogP contribution is 2.40. The summed E-state index contributed by atoms with van der Waals surface area (Å²) in [5.74, 6) is -0.854. The molecule has 1 aliphatic carbocycles. The number of thiophene rings is 1. The average Bonchev–Trinajstić information content (AvgIpc) is 3.04. The van der Waals surface area contributed by atoms with Gasteiger partial charge in [-0.3, -0.25) is 19.3 Å². The Morgan fingerprint density at radius 2 is 2.03 bits per heavy atom. The van der Waals surface area contributed by atoms with Crippen molar-refractivity contribution >= 4 is 51.3 Å². The second-order valence-electron chi connectivity index (χ2n) is 7.94. The Labute approximate surface area is 183 Å². The van der Waals surface area contributed by atoms with Gasteiger partial charge in [0.15, 0.2) is 5.60 Å². The summed E-state index contributed by atoms with van der Waals surface area (Å²) in [5.41, 5.74) is 6.24. The number of amides is 3. The first-order valence-corrected chi connectivity index (χ1v) is 10.9. The number of nitrogens with two attached hydrogens (primary N) is 1. The van der Waals surface area contributed by atoms with Crippen molar-refractivity contribution in [1.29, 1.82) is 0 Å². The molecule has 0 atom stereocenters. The van der Waals surface area contributed by atoms with Crippen LogP contribution in [0.25, 0.3) is 0 Å². The second kappa shape index (κ2) is 7.59. The maximum atomic E-state index is 12.9. The van der Waals surface area contributed by atoms with E-state index >= 15 is 0 Å². The smallest absolute Gasteiger partial charge is 0.271 e.